The van der Waals surface area contributed by atoms with Gasteiger partial charge in [-0.3, -0.25) is 9.69 Å². The second kappa shape index (κ2) is 7.10. The van der Waals surface area contributed by atoms with Gasteiger partial charge in [0.25, 0.3) is 0 Å². The lowest BCUT2D eigenvalue weighted by Gasteiger charge is -2.25. The number of carbonyl (C=O) groups excluding carboxylic acids is 1. The van der Waals surface area contributed by atoms with E-state index >= 15 is 0 Å². The summed E-state index contributed by atoms with van der Waals surface area (Å²) in [5, 5.41) is 6.44. The quantitative estimate of drug-likeness (QED) is 0.767. The summed E-state index contributed by atoms with van der Waals surface area (Å²) in [6.07, 6.45) is 5.64. The zero-order valence-corrected chi connectivity index (χ0v) is 11.6. The van der Waals surface area contributed by atoms with Gasteiger partial charge in [0.2, 0.25) is 5.91 Å². The van der Waals surface area contributed by atoms with Crippen LogP contribution >= 0.6 is 0 Å². The average molecular weight is 253 g/mol. The fraction of sp³-hybridized carbons (Fsp3) is 0.929. The SMILES string of the molecule is CC(CNC(=O)CC1CCNCC1)N1CCCC1. The van der Waals surface area contributed by atoms with Gasteiger partial charge in [-0.15, -0.1) is 0 Å². The molecule has 0 saturated carbocycles. The Morgan fingerprint density at radius 2 is 2.00 bits per heavy atom. The van der Waals surface area contributed by atoms with Crippen LogP contribution in [0.5, 0.6) is 0 Å². The number of likely N-dealkylation sites (tertiary alicyclic amines) is 1. The molecule has 0 aromatic heterocycles. The van der Waals surface area contributed by atoms with E-state index in [1.165, 1.54) is 25.9 Å². The number of rotatable bonds is 5. The first kappa shape index (κ1) is 13.8. The predicted molar refractivity (Wildman–Crippen MR) is 73.5 cm³/mol. The van der Waals surface area contributed by atoms with E-state index in [4.69, 9.17) is 0 Å². The van der Waals surface area contributed by atoms with Gasteiger partial charge in [-0.05, 0) is 64.7 Å². The number of hydrogen-bond donors (Lipinski definition) is 2. The Kier molecular flexibility index (Phi) is 5.45. The second-order valence-corrected chi connectivity index (χ2v) is 5.79. The Labute approximate surface area is 110 Å². The van der Waals surface area contributed by atoms with E-state index in [0.717, 1.165) is 32.5 Å². The van der Waals surface area contributed by atoms with E-state index in [-0.39, 0.29) is 5.91 Å². The van der Waals surface area contributed by atoms with Crippen LogP contribution < -0.4 is 10.6 Å². The summed E-state index contributed by atoms with van der Waals surface area (Å²) in [6.45, 7) is 7.57. The standard InChI is InChI=1S/C14H27N3O/c1-12(17-8-2-3-9-17)11-16-14(18)10-13-4-6-15-7-5-13/h12-13,15H,2-11H2,1H3,(H,16,18). The van der Waals surface area contributed by atoms with Gasteiger partial charge >= 0.3 is 0 Å². The normalized spacial score (nSPS) is 24.1. The van der Waals surface area contributed by atoms with Crippen LogP contribution in [-0.2, 0) is 4.79 Å². The Morgan fingerprint density at radius 3 is 2.67 bits per heavy atom. The van der Waals surface area contributed by atoms with Crippen LogP contribution in [0.1, 0.15) is 39.0 Å². The predicted octanol–water partition coefficient (Wildman–Crippen LogP) is 0.977. The summed E-state index contributed by atoms with van der Waals surface area (Å²) < 4.78 is 0. The van der Waals surface area contributed by atoms with Crippen molar-refractivity contribution in [3.05, 3.63) is 0 Å². The third-order valence-corrected chi connectivity index (χ3v) is 4.29. The van der Waals surface area contributed by atoms with Gasteiger partial charge in [-0.1, -0.05) is 0 Å². The molecule has 2 aliphatic heterocycles. The molecule has 0 spiro atoms. The molecule has 2 fully saturated rings. The lowest BCUT2D eigenvalue weighted by atomic mass is 9.94. The zero-order chi connectivity index (χ0) is 12.8. The van der Waals surface area contributed by atoms with Crippen molar-refractivity contribution in [2.45, 2.75) is 45.1 Å². The minimum atomic E-state index is 0.243. The summed E-state index contributed by atoms with van der Waals surface area (Å²) in [7, 11) is 0. The van der Waals surface area contributed by atoms with Crippen LogP contribution in [0.2, 0.25) is 0 Å². The molecule has 2 saturated heterocycles. The maximum atomic E-state index is 11.9. The highest BCUT2D eigenvalue weighted by Crippen LogP contribution is 2.15. The van der Waals surface area contributed by atoms with Gasteiger partial charge in [0, 0.05) is 19.0 Å². The third kappa shape index (κ3) is 4.25. The molecule has 1 amide bonds. The van der Waals surface area contributed by atoms with Gasteiger partial charge in [0.05, 0.1) is 0 Å². The topological polar surface area (TPSA) is 44.4 Å². The van der Waals surface area contributed by atoms with Gasteiger partial charge in [0.1, 0.15) is 0 Å². The first-order valence-electron chi connectivity index (χ1n) is 7.47. The number of piperidine rings is 1. The monoisotopic (exact) mass is 253 g/mol. The first-order valence-corrected chi connectivity index (χ1v) is 7.47. The van der Waals surface area contributed by atoms with Gasteiger partial charge in [0.15, 0.2) is 0 Å². The van der Waals surface area contributed by atoms with Crippen LogP contribution in [0, 0.1) is 5.92 Å². The molecule has 0 aliphatic carbocycles. The highest BCUT2D eigenvalue weighted by atomic mass is 16.1. The molecule has 4 nitrogen and oxygen atoms in total. The van der Waals surface area contributed by atoms with Crippen molar-refractivity contribution in [1.82, 2.24) is 15.5 Å². The van der Waals surface area contributed by atoms with Crippen molar-refractivity contribution < 1.29 is 4.79 Å². The van der Waals surface area contributed by atoms with Crippen molar-refractivity contribution in [3.63, 3.8) is 0 Å². The molecule has 1 unspecified atom stereocenters. The fourth-order valence-corrected chi connectivity index (χ4v) is 2.99. The van der Waals surface area contributed by atoms with Gasteiger partial charge in [-0.25, -0.2) is 0 Å². The smallest absolute Gasteiger partial charge is 0.220 e. The molecule has 2 heterocycles. The second-order valence-electron chi connectivity index (χ2n) is 5.79. The third-order valence-electron chi connectivity index (χ3n) is 4.29. The molecule has 0 radical (unpaired) electrons. The molecule has 1 atom stereocenters. The van der Waals surface area contributed by atoms with E-state index in [1.807, 2.05) is 0 Å². The molecule has 0 bridgehead atoms. The number of amides is 1. The maximum Gasteiger partial charge on any atom is 0.220 e. The van der Waals surface area contributed by atoms with E-state index in [0.29, 0.717) is 18.4 Å². The molecule has 4 heteroatoms. The molecule has 18 heavy (non-hydrogen) atoms. The minimum absolute atomic E-state index is 0.243. The number of hydrogen-bond acceptors (Lipinski definition) is 3. The molecule has 104 valence electrons. The number of nitrogens with zero attached hydrogens (tertiary/aromatic N) is 1. The lowest BCUT2D eigenvalue weighted by molar-refractivity contribution is -0.122. The van der Waals surface area contributed by atoms with Gasteiger partial charge < -0.3 is 10.6 Å². The van der Waals surface area contributed by atoms with Crippen molar-refractivity contribution in [2.24, 2.45) is 5.92 Å². The van der Waals surface area contributed by atoms with E-state index in [9.17, 15) is 4.79 Å². The summed E-state index contributed by atoms with van der Waals surface area (Å²) in [6, 6.07) is 0.490. The maximum absolute atomic E-state index is 11.9. The van der Waals surface area contributed by atoms with Crippen molar-refractivity contribution in [3.8, 4) is 0 Å². The minimum Gasteiger partial charge on any atom is -0.355 e. The van der Waals surface area contributed by atoms with E-state index < -0.39 is 0 Å². The zero-order valence-electron chi connectivity index (χ0n) is 11.6. The van der Waals surface area contributed by atoms with Crippen molar-refractivity contribution in [1.29, 1.82) is 0 Å². The van der Waals surface area contributed by atoms with Crippen molar-refractivity contribution >= 4 is 5.91 Å². The van der Waals surface area contributed by atoms with Gasteiger partial charge in [-0.2, -0.15) is 0 Å². The van der Waals surface area contributed by atoms with E-state index in [1.54, 1.807) is 0 Å². The Balaban J connectivity index is 1.61. The Bertz CT molecular complexity index is 258. The van der Waals surface area contributed by atoms with Crippen LogP contribution in [0.15, 0.2) is 0 Å². The van der Waals surface area contributed by atoms with Crippen molar-refractivity contribution in [2.75, 3.05) is 32.7 Å². The summed E-state index contributed by atoms with van der Waals surface area (Å²) >= 11 is 0. The molecular weight excluding hydrogens is 226 g/mol. The van der Waals surface area contributed by atoms with Crippen LogP contribution in [0.25, 0.3) is 0 Å². The Hall–Kier alpha value is -0.610. The molecule has 0 aromatic rings. The van der Waals surface area contributed by atoms with Crippen LogP contribution in [-0.4, -0.2) is 49.6 Å². The summed E-state index contributed by atoms with van der Waals surface area (Å²) in [5.41, 5.74) is 0. The molecule has 2 aliphatic rings. The number of carbonyl (C=O) groups is 1. The lowest BCUT2D eigenvalue weighted by Crippen LogP contribution is -2.41. The van der Waals surface area contributed by atoms with Crippen LogP contribution in [0.4, 0.5) is 0 Å². The van der Waals surface area contributed by atoms with Crippen LogP contribution in [0.3, 0.4) is 0 Å². The summed E-state index contributed by atoms with van der Waals surface area (Å²) in [4.78, 5) is 14.4. The number of nitrogens with one attached hydrogen (secondary N) is 2. The fourth-order valence-electron chi connectivity index (χ4n) is 2.99. The highest BCUT2D eigenvalue weighted by Gasteiger charge is 2.20. The first-order chi connectivity index (χ1) is 8.75. The molecule has 0 aromatic carbocycles. The molecule has 2 N–H and O–H groups in total. The summed E-state index contributed by atoms with van der Waals surface area (Å²) in [5.74, 6) is 0.835. The molecule has 2 rings (SSSR count). The molecular formula is C14H27N3O. The highest BCUT2D eigenvalue weighted by molar-refractivity contribution is 5.76. The average Bonchev–Trinajstić information content (AvgIpc) is 2.91. The Morgan fingerprint density at radius 1 is 1.33 bits per heavy atom. The van der Waals surface area contributed by atoms with E-state index in [2.05, 4.69) is 22.5 Å². The largest absolute Gasteiger partial charge is 0.355 e.